The van der Waals surface area contributed by atoms with Crippen molar-refractivity contribution in [2.75, 3.05) is 16.8 Å². The van der Waals surface area contributed by atoms with Crippen LogP contribution >= 0.6 is 0 Å². The Morgan fingerprint density at radius 2 is 1.76 bits per heavy atom. The Kier molecular flexibility index (Phi) is 7.78. The summed E-state index contributed by atoms with van der Waals surface area (Å²) in [4.78, 5) is 30.7. The van der Waals surface area contributed by atoms with Crippen molar-refractivity contribution in [3.63, 3.8) is 0 Å². The molecule has 4 aromatic rings. The van der Waals surface area contributed by atoms with Gasteiger partial charge in [-0.3, -0.25) is 4.79 Å². The van der Waals surface area contributed by atoms with Gasteiger partial charge in [0, 0.05) is 35.7 Å². The number of carbonyl (C=O) groups is 2. The summed E-state index contributed by atoms with van der Waals surface area (Å²) in [6.07, 6.45) is 3.76. The number of aliphatic hydroxyl groups excluding tert-OH is 1. The summed E-state index contributed by atoms with van der Waals surface area (Å²) in [6, 6.07) is 16.5. The van der Waals surface area contributed by atoms with Gasteiger partial charge in [-0.25, -0.2) is 18.2 Å². The fourth-order valence-corrected chi connectivity index (χ4v) is 5.34. The maximum Gasteiger partial charge on any atom is 0.336 e. The van der Waals surface area contributed by atoms with Gasteiger partial charge in [-0.2, -0.15) is 4.31 Å². The summed E-state index contributed by atoms with van der Waals surface area (Å²) in [5.41, 5.74) is 6.45. The van der Waals surface area contributed by atoms with Crippen LogP contribution in [-0.2, 0) is 21.4 Å². The number of aromatic nitrogens is 1. The largest absolute Gasteiger partial charge is 0.508 e. The van der Waals surface area contributed by atoms with E-state index in [0.29, 0.717) is 15.6 Å². The molecule has 0 unspecified atom stereocenters. The highest BCUT2D eigenvalue weighted by Gasteiger charge is 2.36. The molecular weight excluding hydrogens is 566 g/mol. The number of amides is 1. The van der Waals surface area contributed by atoms with E-state index < -0.39 is 28.5 Å². The molecule has 4 N–H and O–H groups in total. The zero-order valence-corrected chi connectivity index (χ0v) is 22.5. The monoisotopic (exact) mass is 589 g/mol. The van der Waals surface area contributed by atoms with Crippen molar-refractivity contribution in [3.05, 3.63) is 102 Å². The summed E-state index contributed by atoms with van der Waals surface area (Å²) in [5, 5.41) is 19.1. The number of fused-ring (bicyclic) bond motifs is 1. The number of nitrogens with zero attached hydrogens (tertiary/aromatic N) is 2. The van der Waals surface area contributed by atoms with E-state index in [2.05, 4.69) is 4.98 Å². The number of aliphatic hydroxyl groups is 1. The first-order valence-electron chi connectivity index (χ1n) is 12.3. The molecule has 0 fully saturated rings. The van der Waals surface area contributed by atoms with Crippen LogP contribution in [0, 0.1) is 0 Å². The number of esters is 1. The van der Waals surface area contributed by atoms with Gasteiger partial charge in [-0.15, -0.1) is 0 Å². The van der Waals surface area contributed by atoms with Gasteiger partial charge in [0.15, 0.2) is 17.3 Å². The summed E-state index contributed by atoms with van der Waals surface area (Å²) in [6.45, 7) is -0.575. The second kappa shape index (κ2) is 11.6. The van der Waals surface area contributed by atoms with E-state index in [9.17, 15) is 28.2 Å². The van der Waals surface area contributed by atoms with E-state index in [-0.39, 0.29) is 51.6 Å². The summed E-state index contributed by atoms with van der Waals surface area (Å²) in [7, 11) is -4.54. The van der Waals surface area contributed by atoms with E-state index in [1.807, 2.05) is 0 Å². The molecule has 0 radical (unpaired) electrons. The zero-order chi connectivity index (χ0) is 29.9. The maximum atomic E-state index is 14.0. The molecule has 0 atom stereocenters. The Labute approximate surface area is 239 Å². The van der Waals surface area contributed by atoms with Gasteiger partial charge in [0.05, 0.1) is 17.1 Å². The molecule has 1 aliphatic heterocycles. The van der Waals surface area contributed by atoms with E-state index in [1.165, 1.54) is 79.0 Å². The number of aromatic hydroxyl groups is 1. The van der Waals surface area contributed by atoms with E-state index in [1.54, 1.807) is 6.07 Å². The number of pyridine rings is 1. The minimum atomic E-state index is -4.54. The normalized spacial score (nSPS) is 12.3. The molecule has 0 spiro atoms. The van der Waals surface area contributed by atoms with Crippen molar-refractivity contribution in [2.24, 2.45) is 0 Å². The van der Waals surface area contributed by atoms with Crippen LogP contribution in [0.25, 0.3) is 6.08 Å². The molecule has 5 rings (SSSR count). The average molecular weight is 590 g/mol. The molecular formula is C29H23N3O9S. The van der Waals surface area contributed by atoms with Gasteiger partial charge in [-0.05, 0) is 60.2 Å². The highest BCUT2D eigenvalue weighted by Crippen LogP contribution is 2.40. The lowest BCUT2D eigenvalue weighted by atomic mass is 10.1. The Bertz CT molecular complexity index is 1790. The first kappa shape index (κ1) is 28.1. The highest BCUT2D eigenvalue weighted by molar-refractivity contribution is 7.93. The lowest BCUT2D eigenvalue weighted by Gasteiger charge is -2.22. The molecule has 0 aliphatic carbocycles. The Morgan fingerprint density at radius 1 is 1.02 bits per heavy atom. The van der Waals surface area contributed by atoms with Crippen LogP contribution in [0.5, 0.6) is 23.0 Å². The number of phenols is 1. The van der Waals surface area contributed by atoms with Crippen molar-refractivity contribution in [1.29, 1.82) is 0 Å². The molecule has 13 heteroatoms. The second-order valence-electron chi connectivity index (χ2n) is 8.83. The summed E-state index contributed by atoms with van der Waals surface area (Å²) >= 11 is 0. The van der Waals surface area contributed by atoms with Crippen molar-refractivity contribution in [1.82, 2.24) is 4.98 Å². The molecule has 2 heterocycles. The van der Waals surface area contributed by atoms with Crippen molar-refractivity contribution in [3.8, 4) is 23.0 Å². The first-order valence-corrected chi connectivity index (χ1v) is 13.7. The number of ether oxygens (including phenoxy) is 3. The molecule has 12 nitrogen and oxygen atoms in total. The van der Waals surface area contributed by atoms with Crippen molar-refractivity contribution in [2.45, 2.75) is 11.5 Å². The zero-order valence-electron chi connectivity index (χ0n) is 21.7. The average Bonchev–Trinajstić information content (AvgIpc) is 3.44. The Hall–Kier alpha value is -5.40. The third-order valence-corrected chi connectivity index (χ3v) is 7.76. The van der Waals surface area contributed by atoms with E-state index in [0.717, 1.165) is 6.08 Å². The fraction of sp³-hybridized carbons (Fsp3) is 0.0690. The number of nitrogens with two attached hydrogens (primary N) is 1. The van der Waals surface area contributed by atoms with E-state index in [4.69, 9.17) is 19.9 Å². The standard InChI is InChI=1S/C29H23N3O9S/c30-20-6-8-21(9-7-20)42(37,38)32(27-3-1-2-12-31-27)29(36)22-14-25-26(40-17-39-25)15-24(22)41-28(35)11-5-18-4-10-23(34)19(13-18)16-33/h1-15,33-34H,16-17,30H2/b11-5+. The quantitative estimate of drug-likeness (QED) is 0.119. The number of sulfonamides is 1. The van der Waals surface area contributed by atoms with Crippen molar-refractivity contribution < 1.29 is 42.4 Å². The van der Waals surface area contributed by atoms with Gasteiger partial charge in [0.2, 0.25) is 6.79 Å². The molecule has 0 bridgehead atoms. The number of carbonyl (C=O) groups excluding carboxylic acids is 2. The maximum absolute atomic E-state index is 14.0. The molecule has 3 aromatic carbocycles. The van der Waals surface area contributed by atoms with E-state index >= 15 is 0 Å². The predicted octanol–water partition coefficient (Wildman–Crippen LogP) is 3.24. The fourth-order valence-electron chi connectivity index (χ4n) is 3.98. The third-order valence-electron chi connectivity index (χ3n) is 6.06. The number of hydrogen-bond acceptors (Lipinski definition) is 11. The number of hydrogen-bond donors (Lipinski definition) is 3. The van der Waals surface area contributed by atoms with Gasteiger partial charge in [0.25, 0.3) is 15.9 Å². The van der Waals surface area contributed by atoms with Crippen LogP contribution in [0.2, 0.25) is 0 Å². The van der Waals surface area contributed by atoms with Crippen LogP contribution < -0.4 is 24.2 Å². The van der Waals surface area contributed by atoms with Crippen LogP contribution in [0.3, 0.4) is 0 Å². The molecule has 214 valence electrons. The Morgan fingerprint density at radius 3 is 2.45 bits per heavy atom. The lowest BCUT2D eigenvalue weighted by molar-refractivity contribution is -0.128. The van der Waals surface area contributed by atoms with Crippen LogP contribution in [-0.4, -0.2) is 42.3 Å². The highest BCUT2D eigenvalue weighted by atomic mass is 32.2. The molecule has 0 saturated carbocycles. The topological polar surface area (TPSA) is 179 Å². The van der Waals surface area contributed by atoms with Gasteiger partial charge >= 0.3 is 5.97 Å². The van der Waals surface area contributed by atoms with Crippen LogP contribution in [0.1, 0.15) is 21.5 Å². The van der Waals surface area contributed by atoms with Crippen molar-refractivity contribution >= 4 is 39.5 Å². The Balaban J connectivity index is 1.54. The summed E-state index contributed by atoms with van der Waals surface area (Å²) < 4.78 is 44.3. The smallest absolute Gasteiger partial charge is 0.336 e. The molecule has 0 saturated heterocycles. The summed E-state index contributed by atoms with van der Waals surface area (Å²) in [5.74, 6) is -2.29. The SMILES string of the molecule is Nc1ccc(S(=O)(=O)N(C(=O)c2cc3c(cc2OC(=O)/C=C/c2ccc(O)c(CO)c2)OCO3)c2ccccn2)cc1. The van der Waals surface area contributed by atoms with Gasteiger partial charge in [-0.1, -0.05) is 12.1 Å². The van der Waals surface area contributed by atoms with Crippen LogP contribution in [0.4, 0.5) is 11.5 Å². The number of anilines is 2. The molecule has 1 amide bonds. The lowest BCUT2D eigenvalue weighted by Crippen LogP contribution is -2.38. The molecule has 1 aliphatic rings. The van der Waals surface area contributed by atoms with Gasteiger partial charge in [0.1, 0.15) is 11.5 Å². The van der Waals surface area contributed by atoms with Crippen LogP contribution in [0.15, 0.2) is 90.0 Å². The minimum absolute atomic E-state index is 0.105. The number of benzene rings is 3. The minimum Gasteiger partial charge on any atom is -0.508 e. The predicted molar refractivity (Wildman–Crippen MR) is 150 cm³/mol. The second-order valence-corrected chi connectivity index (χ2v) is 10.6. The number of rotatable bonds is 8. The number of nitrogen functional groups attached to an aromatic ring is 1. The third kappa shape index (κ3) is 5.73. The first-order chi connectivity index (χ1) is 20.2. The van der Waals surface area contributed by atoms with Gasteiger partial charge < -0.3 is 30.2 Å². The molecule has 1 aromatic heterocycles. The molecule has 42 heavy (non-hydrogen) atoms.